The summed E-state index contributed by atoms with van der Waals surface area (Å²) in [5.41, 5.74) is 2.15. The fourth-order valence-corrected chi connectivity index (χ4v) is 2.61. The predicted octanol–water partition coefficient (Wildman–Crippen LogP) is 3.06. The third-order valence-corrected chi connectivity index (χ3v) is 3.60. The summed E-state index contributed by atoms with van der Waals surface area (Å²) in [5, 5.41) is 8.68. The molecule has 0 radical (unpaired) electrons. The highest BCUT2D eigenvalue weighted by Crippen LogP contribution is 2.23. The lowest BCUT2D eigenvalue weighted by atomic mass is 10.2. The van der Waals surface area contributed by atoms with Crippen molar-refractivity contribution in [3.63, 3.8) is 0 Å². The lowest BCUT2D eigenvalue weighted by molar-refractivity contribution is 0.238. The minimum atomic E-state index is -0.126. The van der Waals surface area contributed by atoms with Crippen LogP contribution in [0.5, 0.6) is 0 Å². The Morgan fingerprint density at radius 2 is 2.05 bits per heavy atom. The molecule has 2 rings (SSSR count). The molecule has 0 saturated heterocycles. The Morgan fingerprint density at radius 1 is 1.30 bits per heavy atom. The molecule has 5 heteroatoms. The molecule has 4 nitrogen and oxygen atoms in total. The minimum absolute atomic E-state index is 0.126. The molecule has 0 unspecified atom stereocenters. The highest BCUT2D eigenvalue weighted by molar-refractivity contribution is 7.13. The van der Waals surface area contributed by atoms with Crippen LogP contribution < -0.4 is 10.6 Å². The normalized spacial score (nSPS) is 10.6. The number of urea groups is 1. The van der Waals surface area contributed by atoms with Crippen LogP contribution in [0.15, 0.2) is 35.7 Å². The molecule has 0 aliphatic carbocycles. The van der Waals surface area contributed by atoms with Gasteiger partial charge in [-0.2, -0.15) is 0 Å². The van der Waals surface area contributed by atoms with Crippen LogP contribution in [0, 0.1) is 0 Å². The van der Waals surface area contributed by atoms with Crippen LogP contribution in [-0.4, -0.2) is 23.6 Å². The maximum absolute atomic E-state index is 11.4. The van der Waals surface area contributed by atoms with E-state index in [-0.39, 0.29) is 12.1 Å². The maximum atomic E-state index is 11.4. The average molecular weight is 289 g/mol. The highest BCUT2D eigenvalue weighted by Gasteiger charge is 2.05. The fourth-order valence-electron chi connectivity index (χ4n) is 1.75. The summed E-state index contributed by atoms with van der Waals surface area (Å²) in [4.78, 5) is 16.0. The molecule has 0 aliphatic rings. The molecule has 1 aromatic heterocycles. The monoisotopic (exact) mass is 289 g/mol. The van der Waals surface area contributed by atoms with Gasteiger partial charge < -0.3 is 10.6 Å². The molecule has 106 valence electrons. The van der Waals surface area contributed by atoms with E-state index in [0.29, 0.717) is 6.54 Å². The number of thiazole rings is 1. The maximum Gasteiger partial charge on any atom is 0.314 e. The minimum Gasteiger partial charge on any atom is -0.338 e. The third-order valence-electron chi connectivity index (χ3n) is 2.66. The standard InChI is InChI=1S/C15H19N3OS/c1-11(2)17-15(19)16-9-8-13-10-20-14(18-13)12-6-4-3-5-7-12/h3-7,10-11H,8-9H2,1-2H3,(H2,16,17,19). The zero-order chi connectivity index (χ0) is 14.4. The van der Waals surface area contributed by atoms with Crippen molar-refractivity contribution < 1.29 is 4.79 Å². The average Bonchev–Trinajstić information content (AvgIpc) is 2.88. The lowest BCUT2D eigenvalue weighted by Crippen LogP contribution is -2.40. The smallest absolute Gasteiger partial charge is 0.314 e. The number of nitrogens with one attached hydrogen (secondary N) is 2. The summed E-state index contributed by atoms with van der Waals surface area (Å²) in [6.45, 7) is 4.47. The van der Waals surface area contributed by atoms with Crippen LogP contribution in [0.4, 0.5) is 4.79 Å². The van der Waals surface area contributed by atoms with E-state index in [1.807, 2.05) is 37.4 Å². The van der Waals surface area contributed by atoms with Crippen LogP contribution in [0.1, 0.15) is 19.5 Å². The van der Waals surface area contributed by atoms with Gasteiger partial charge in [-0.25, -0.2) is 9.78 Å². The second-order valence-electron chi connectivity index (χ2n) is 4.81. The zero-order valence-corrected chi connectivity index (χ0v) is 12.5. The first-order valence-corrected chi connectivity index (χ1v) is 7.57. The van der Waals surface area contributed by atoms with Gasteiger partial charge in [-0.1, -0.05) is 30.3 Å². The van der Waals surface area contributed by atoms with Gasteiger partial charge in [-0.15, -0.1) is 11.3 Å². The molecule has 0 fully saturated rings. The number of amides is 2. The SMILES string of the molecule is CC(C)NC(=O)NCCc1csc(-c2ccccc2)n1. The molecule has 2 N–H and O–H groups in total. The van der Waals surface area contributed by atoms with E-state index in [2.05, 4.69) is 27.8 Å². The second kappa shape index (κ2) is 7.05. The molecular formula is C15H19N3OS. The summed E-state index contributed by atoms with van der Waals surface area (Å²) in [5.74, 6) is 0. The number of benzene rings is 1. The van der Waals surface area contributed by atoms with E-state index in [0.717, 1.165) is 22.7 Å². The first-order chi connectivity index (χ1) is 9.65. The largest absolute Gasteiger partial charge is 0.338 e. The molecule has 0 bridgehead atoms. The van der Waals surface area contributed by atoms with E-state index in [4.69, 9.17) is 0 Å². The van der Waals surface area contributed by atoms with E-state index in [1.54, 1.807) is 11.3 Å². The number of hydrogen-bond donors (Lipinski definition) is 2. The molecule has 0 aliphatic heterocycles. The summed E-state index contributed by atoms with van der Waals surface area (Å²) < 4.78 is 0. The first kappa shape index (κ1) is 14.5. The topological polar surface area (TPSA) is 54.0 Å². The molecule has 2 aromatic rings. The Morgan fingerprint density at radius 3 is 2.75 bits per heavy atom. The van der Waals surface area contributed by atoms with Crippen molar-refractivity contribution >= 4 is 17.4 Å². The number of nitrogens with zero attached hydrogens (tertiary/aromatic N) is 1. The number of rotatable bonds is 5. The van der Waals surface area contributed by atoms with Gasteiger partial charge in [0, 0.05) is 30.0 Å². The van der Waals surface area contributed by atoms with Crippen LogP contribution >= 0.6 is 11.3 Å². The number of hydrogen-bond acceptors (Lipinski definition) is 3. The Labute approximate surface area is 123 Å². The number of carbonyl (C=O) groups is 1. The van der Waals surface area contributed by atoms with Gasteiger partial charge >= 0.3 is 6.03 Å². The van der Waals surface area contributed by atoms with E-state index in [1.165, 1.54) is 0 Å². The van der Waals surface area contributed by atoms with Crippen LogP contribution in [-0.2, 0) is 6.42 Å². The third kappa shape index (κ3) is 4.35. The summed E-state index contributed by atoms with van der Waals surface area (Å²) in [6.07, 6.45) is 0.745. The van der Waals surface area contributed by atoms with Crippen LogP contribution in [0.2, 0.25) is 0 Å². The van der Waals surface area contributed by atoms with E-state index in [9.17, 15) is 4.79 Å². The van der Waals surface area contributed by atoms with Crippen molar-refractivity contribution in [3.8, 4) is 10.6 Å². The van der Waals surface area contributed by atoms with Gasteiger partial charge in [-0.3, -0.25) is 0 Å². The van der Waals surface area contributed by atoms with Crippen molar-refractivity contribution in [2.75, 3.05) is 6.54 Å². The Balaban J connectivity index is 1.83. The molecule has 0 saturated carbocycles. The second-order valence-corrected chi connectivity index (χ2v) is 5.67. The lowest BCUT2D eigenvalue weighted by Gasteiger charge is -2.09. The van der Waals surface area contributed by atoms with Crippen molar-refractivity contribution in [1.82, 2.24) is 15.6 Å². The van der Waals surface area contributed by atoms with Crippen LogP contribution in [0.3, 0.4) is 0 Å². The van der Waals surface area contributed by atoms with Gasteiger partial charge in [-0.05, 0) is 13.8 Å². The zero-order valence-electron chi connectivity index (χ0n) is 11.7. The van der Waals surface area contributed by atoms with Crippen LogP contribution in [0.25, 0.3) is 10.6 Å². The summed E-state index contributed by atoms with van der Waals surface area (Å²) >= 11 is 1.63. The van der Waals surface area contributed by atoms with E-state index < -0.39 is 0 Å². The Kier molecular flexibility index (Phi) is 5.12. The first-order valence-electron chi connectivity index (χ1n) is 6.69. The fraction of sp³-hybridized carbons (Fsp3) is 0.333. The van der Waals surface area contributed by atoms with Crippen molar-refractivity contribution in [3.05, 3.63) is 41.4 Å². The van der Waals surface area contributed by atoms with Gasteiger partial charge in [0.1, 0.15) is 5.01 Å². The molecule has 20 heavy (non-hydrogen) atoms. The molecule has 1 aromatic carbocycles. The van der Waals surface area contributed by atoms with Crippen molar-refractivity contribution in [2.24, 2.45) is 0 Å². The summed E-state index contributed by atoms with van der Waals surface area (Å²) in [6, 6.07) is 10.1. The van der Waals surface area contributed by atoms with Crippen molar-refractivity contribution in [1.29, 1.82) is 0 Å². The van der Waals surface area contributed by atoms with Gasteiger partial charge in [0.2, 0.25) is 0 Å². The highest BCUT2D eigenvalue weighted by atomic mass is 32.1. The molecular weight excluding hydrogens is 270 g/mol. The molecule has 0 atom stereocenters. The Bertz CT molecular complexity index is 551. The molecule has 1 heterocycles. The number of carbonyl (C=O) groups excluding carboxylic acids is 1. The van der Waals surface area contributed by atoms with E-state index >= 15 is 0 Å². The van der Waals surface area contributed by atoms with Gasteiger partial charge in [0.25, 0.3) is 0 Å². The predicted molar refractivity (Wildman–Crippen MR) is 82.9 cm³/mol. The Hall–Kier alpha value is -1.88. The molecule has 2 amide bonds. The van der Waals surface area contributed by atoms with Gasteiger partial charge in [0.15, 0.2) is 0 Å². The summed E-state index contributed by atoms with van der Waals surface area (Å²) in [7, 11) is 0. The number of aromatic nitrogens is 1. The molecule has 0 spiro atoms. The van der Waals surface area contributed by atoms with Gasteiger partial charge in [0.05, 0.1) is 5.69 Å². The quantitative estimate of drug-likeness (QED) is 0.889. The van der Waals surface area contributed by atoms with Crippen molar-refractivity contribution in [2.45, 2.75) is 26.3 Å².